The summed E-state index contributed by atoms with van der Waals surface area (Å²) < 4.78 is 0. The van der Waals surface area contributed by atoms with Crippen LogP contribution in [0.5, 0.6) is 0 Å². The molecular weight excluding hydrogens is 258 g/mol. The Morgan fingerprint density at radius 2 is 1.62 bits per heavy atom. The van der Waals surface area contributed by atoms with Crippen molar-refractivity contribution in [1.29, 1.82) is 5.26 Å². The van der Waals surface area contributed by atoms with Gasteiger partial charge < -0.3 is 0 Å². The molecule has 0 radical (unpaired) electrons. The lowest BCUT2D eigenvalue weighted by Gasteiger charge is -2.06. The van der Waals surface area contributed by atoms with Crippen LogP contribution < -0.4 is 0 Å². The maximum Gasteiger partial charge on any atom is 0.160 e. The van der Waals surface area contributed by atoms with Crippen molar-refractivity contribution >= 4 is 0 Å². The van der Waals surface area contributed by atoms with E-state index in [-0.39, 0.29) is 0 Å². The largest absolute Gasteiger partial charge is 0.233 e. The Hall–Kier alpha value is -2.99. The van der Waals surface area contributed by atoms with Crippen LogP contribution in [0.25, 0.3) is 22.6 Å². The second kappa shape index (κ2) is 5.56. The van der Waals surface area contributed by atoms with E-state index in [0.29, 0.717) is 11.4 Å². The van der Waals surface area contributed by atoms with Crippen molar-refractivity contribution in [2.75, 3.05) is 0 Å². The minimum absolute atomic E-state index is 0.630. The highest BCUT2D eigenvalue weighted by molar-refractivity contribution is 5.65. The third kappa shape index (κ3) is 2.80. The molecule has 0 aliphatic carbocycles. The number of benzene rings is 2. The number of hydrogen-bond acceptors (Lipinski definition) is 3. The van der Waals surface area contributed by atoms with E-state index in [1.165, 1.54) is 0 Å². The molecule has 3 aromatic rings. The zero-order valence-corrected chi connectivity index (χ0v) is 11.6. The van der Waals surface area contributed by atoms with Gasteiger partial charge >= 0.3 is 0 Å². The zero-order valence-electron chi connectivity index (χ0n) is 11.6. The van der Waals surface area contributed by atoms with E-state index >= 15 is 0 Å². The fraction of sp³-hybridized carbons (Fsp3) is 0.0556. The van der Waals surface area contributed by atoms with Gasteiger partial charge in [0.15, 0.2) is 5.82 Å². The van der Waals surface area contributed by atoms with Gasteiger partial charge in [-0.3, -0.25) is 0 Å². The van der Waals surface area contributed by atoms with Gasteiger partial charge in [-0.2, -0.15) is 5.26 Å². The minimum Gasteiger partial charge on any atom is -0.233 e. The van der Waals surface area contributed by atoms with Crippen molar-refractivity contribution < 1.29 is 0 Å². The first kappa shape index (κ1) is 13.0. The summed E-state index contributed by atoms with van der Waals surface area (Å²) in [4.78, 5) is 9.13. The van der Waals surface area contributed by atoms with Crippen molar-refractivity contribution in [1.82, 2.24) is 9.97 Å². The van der Waals surface area contributed by atoms with Crippen molar-refractivity contribution in [3.05, 3.63) is 71.9 Å². The van der Waals surface area contributed by atoms with Gasteiger partial charge in [-0.15, -0.1) is 0 Å². The summed E-state index contributed by atoms with van der Waals surface area (Å²) in [5, 5.41) is 9.01. The number of aryl methyl sites for hydroxylation is 1. The van der Waals surface area contributed by atoms with E-state index in [0.717, 1.165) is 22.5 Å². The molecule has 3 rings (SSSR count). The topological polar surface area (TPSA) is 49.6 Å². The summed E-state index contributed by atoms with van der Waals surface area (Å²) in [7, 11) is 0. The lowest BCUT2D eigenvalue weighted by molar-refractivity contribution is 1.11. The predicted molar refractivity (Wildman–Crippen MR) is 82.4 cm³/mol. The van der Waals surface area contributed by atoms with E-state index < -0.39 is 0 Å². The van der Waals surface area contributed by atoms with Crippen LogP contribution in [-0.4, -0.2) is 9.97 Å². The van der Waals surface area contributed by atoms with Crippen molar-refractivity contribution in [3.63, 3.8) is 0 Å². The summed E-state index contributed by atoms with van der Waals surface area (Å²) in [6.45, 7) is 1.95. The molecule has 0 aliphatic rings. The molecule has 3 heteroatoms. The Labute approximate surface area is 123 Å². The van der Waals surface area contributed by atoms with E-state index in [4.69, 9.17) is 5.26 Å². The highest BCUT2D eigenvalue weighted by Crippen LogP contribution is 2.22. The minimum atomic E-state index is 0.630. The van der Waals surface area contributed by atoms with Crippen molar-refractivity contribution in [2.24, 2.45) is 0 Å². The third-order valence-electron chi connectivity index (χ3n) is 3.17. The van der Waals surface area contributed by atoms with E-state index in [1.54, 1.807) is 6.07 Å². The molecule has 0 unspecified atom stereocenters. The molecule has 0 saturated carbocycles. The number of aromatic nitrogens is 2. The first-order valence-electron chi connectivity index (χ1n) is 6.68. The average molecular weight is 271 g/mol. The molecular formula is C18H13N3. The quantitative estimate of drug-likeness (QED) is 0.708. The molecule has 0 amide bonds. The average Bonchev–Trinajstić information content (AvgIpc) is 2.55. The van der Waals surface area contributed by atoms with Gasteiger partial charge in [0.1, 0.15) is 0 Å². The van der Waals surface area contributed by atoms with Gasteiger partial charge in [0.2, 0.25) is 0 Å². The molecule has 0 atom stereocenters. The van der Waals surface area contributed by atoms with Crippen LogP contribution in [0.2, 0.25) is 0 Å². The van der Waals surface area contributed by atoms with Crippen molar-refractivity contribution in [3.8, 4) is 28.7 Å². The van der Waals surface area contributed by atoms with Gasteiger partial charge in [0.25, 0.3) is 0 Å². The molecule has 0 N–H and O–H groups in total. The van der Waals surface area contributed by atoms with E-state index in [9.17, 15) is 0 Å². The zero-order chi connectivity index (χ0) is 14.7. The first-order chi connectivity index (χ1) is 10.3. The molecule has 0 bridgehead atoms. The molecule has 21 heavy (non-hydrogen) atoms. The molecule has 1 heterocycles. The summed E-state index contributed by atoms with van der Waals surface area (Å²) in [5.41, 5.74) is 4.28. The summed E-state index contributed by atoms with van der Waals surface area (Å²) in [5.74, 6) is 0.702. The van der Waals surface area contributed by atoms with Crippen LogP contribution in [0.1, 0.15) is 11.3 Å². The van der Waals surface area contributed by atoms with E-state index in [2.05, 4.69) is 16.0 Å². The fourth-order valence-electron chi connectivity index (χ4n) is 2.18. The van der Waals surface area contributed by atoms with Crippen LogP contribution in [0, 0.1) is 18.3 Å². The van der Waals surface area contributed by atoms with E-state index in [1.807, 2.05) is 61.5 Å². The smallest absolute Gasteiger partial charge is 0.160 e. The van der Waals surface area contributed by atoms with Crippen LogP contribution in [0.3, 0.4) is 0 Å². The maximum absolute atomic E-state index is 9.01. The van der Waals surface area contributed by atoms with Gasteiger partial charge in [-0.1, -0.05) is 42.5 Å². The highest BCUT2D eigenvalue weighted by atomic mass is 14.9. The van der Waals surface area contributed by atoms with Gasteiger partial charge in [0, 0.05) is 16.8 Å². The maximum atomic E-state index is 9.01. The van der Waals surface area contributed by atoms with Gasteiger partial charge in [-0.25, -0.2) is 9.97 Å². The Balaban J connectivity index is 2.12. The molecule has 3 nitrogen and oxygen atoms in total. The summed E-state index contributed by atoms with van der Waals surface area (Å²) in [6.07, 6.45) is 0. The second-order valence-electron chi connectivity index (χ2n) is 4.78. The second-order valence-corrected chi connectivity index (χ2v) is 4.78. The molecule has 0 fully saturated rings. The summed E-state index contributed by atoms with van der Waals surface area (Å²) >= 11 is 0. The Morgan fingerprint density at radius 1 is 0.857 bits per heavy atom. The third-order valence-corrected chi connectivity index (χ3v) is 3.17. The number of rotatable bonds is 2. The Kier molecular flexibility index (Phi) is 3.44. The summed E-state index contributed by atoms with van der Waals surface area (Å²) in [6, 6.07) is 21.4. The molecule has 0 aliphatic heterocycles. The van der Waals surface area contributed by atoms with Crippen LogP contribution >= 0.6 is 0 Å². The number of nitrogens with zero attached hydrogens (tertiary/aromatic N) is 3. The standard InChI is InChI=1S/C18H13N3/c1-13-10-17(16-9-5-6-14(11-16)12-19)21-18(20-13)15-7-3-2-4-8-15/h2-11H,1H3. The normalized spacial score (nSPS) is 10.1. The molecule has 100 valence electrons. The molecule has 2 aromatic carbocycles. The van der Waals surface area contributed by atoms with Crippen LogP contribution in [-0.2, 0) is 0 Å². The van der Waals surface area contributed by atoms with Crippen molar-refractivity contribution in [2.45, 2.75) is 6.92 Å². The lowest BCUT2D eigenvalue weighted by Crippen LogP contribution is -1.95. The monoisotopic (exact) mass is 271 g/mol. The fourth-order valence-corrected chi connectivity index (χ4v) is 2.18. The first-order valence-corrected chi connectivity index (χ1v) is 6.68. The number of nitriles is 1. The Morgan fingerprint density at radius 3 is 2.38 bits per heavy atom. The molecule has 0 saturated heterocycles. The SMILES string of the molecule is Cc1cc(-c2cccc(C#N)c2)nc(-c2ccccc2)n1. The highest BCUT2D eigenvalue weighted by Gasteiger charge is 2.07. The molecule has 1 aromatic heterocycles. The van der Waals surface area contributed by atoms with Crippen LogP contribution in [0.15, 0.2) is 60.7 Å². The number of hydrogen-bond donors (Lipinski definition) is 0. The Bertz CT molecular complexity index is 817. The lowest BCUT2D eigenvalue weighted by atomic mass is 10.1. The van der Waals surface area contributed by atoms with Crippen LogP contribution in [0.4, 0.5) is 0 Å². The predicted octanol–water partition coefficient (Wildman–Crippen LogP) is 3.99. The van der Waals surface area contributed by atoms with Gasteiger partial charge in [0.05, 0.1) is 17.3 Å². The van der Waals surface area contributed by atoms with Gasteiger partial charge in [-0.05, 0) is 25.1 Å². The molecule has 0 spiro atoms.